The third-order valence-electron chi connectivity index (χ3n) is 2.12. The molecular weight excluding hydrogens is 238 g/mol. The van der Waals surface area contributed by atoms with E-state index < -0.39 is 0 Å². The lowest BCUT2D eigenvalue weighted by Gasteiger charge is -2.20. The Balaban J connectivity index is 2.99. The van der Waals surface area contributed by atoms with Crippen LogP contribution in [-0.4, -0.2) is 65.1 Å². The zero-order valence-corrected chi connectivity index (χ0v) is 10.6. The summed E-state index contributed by atoms with van der Waals surface area (Å²) in [5.41, 5.74) is 0. The van der Waals surface area contributed by atoms with Crippen molar-refractivity contribution < 1.29 is 14.9 Å². The number of aliphatic hydroxyl groups is 2. The molecule has 0 spiro atoms. The van der Waals surface area contributed by atoms with Gasteiger partial charge in [0.1, 0.15) is 0 Å². The van der Waals surface area contributed by atoms with Crippen molar-refractivity contribution in [3.05, 3.63) is 0 Å². The van der Waals surface area contributed by atoms with Crippen LogP contribution in [0.25, 0.3) is 0 Å². The second kappa shape index (κ2) is 7.62. The van der Waals surface area contributed by atoms with Crippen LogP contribution in [0.2, 0.25) is 0 Å². The van der Waals surface area contributed by atoms with Gasteiger partial charge in [0.2, 0.25) is 11.9 Å². The van der Waals surface area contributed by atoms with Gasteiger partial charge in [0.05, 0.1) is 19.8 Å². The first-order valence-electron chi connectivity index (χ1n) is 5.78. The zero-order chi connectivity index (χ0) is 13.4. The summed E-state index contributed by atoms with van der Waals surface area (Å²) in [6, 6.07) is 0.215. The van der Waals surface area contributed by atoms with Gasteiger partial charge in [0, 0.05) is 20.1 Å². The first kappa shape index (κ1) is 14.4. The standard InChI is InChI=1S/C10H19N5O3/c1-3-18-10-13-8(11-2)12-9(14-10)15(4-6-16)5-7-17/h16-17H,3-7H2,1-2H3,(H,11,12,13,14). The van der Waals surface area contributed by atoms with Crippen LogP contribution in [0.4, 0.5) is 11.9 Å². The van der Waals surface area contributed by atoms with E-state index in [1.165, 1.54) is 0 Å². The minimum absolute atomic E-state index is 0.0511. The van der Waals surface area contributed by atoms with E-state index in [2.05, 4.69) is 20.3 Å². The van der Waals surface area contributed by atoms with Crippen molar-refractivity contribution in [1.82, 2.24) is 15.0 Å². The van der Waals surface area contributed by atoms with Crippen molar-refractivity contribution in [2.45, 2.75) is 6.92 Å². The highest BCUT2D eigenvalue weighted by Crippen LogP contribution is 2.14. The number of rotatable bonds is 8. The summed E-state index contributed by atoms with van der Waals surface area (Å²) >= 11 is 0. The molecule has 18 heavy (non-hydrogen) atoms. The average Bonchev–Trinajstić information content (AvgIpc) is 2.38. The highest BCUT2D eigenvalue weighted by Gasteiger charge is 2.13. The molecule has 0 unspecified atom stereocenters. The van der Waals surface area contributed by atoms with E-state index in [9.17, 15) is 0 Å². The molecule has 1 rings (SSSR count). The predicted molar refractivity (Wildman–Crippen MR) is 66.9 cm³/mol. The summed E-state index contributed by atoms with van der Waals surface area (Å²) in [6.45, 7) is 2.85. The SMILES string of the molecule is CCOc1nc(NC)nc(N(CCO)CCO)n1. The Morgan fingerprint density at radius 3 is 2.33 bits per heavy atom. The largest absolute Gasteiger partial charge is 0.464 e. The quantitative estimate of drug-likeness (QED) is 0.550. The van der Waals surface area contributed by atoms with Crippen molar-refractivity contribution in [3.63, 3.8) is 0 Å². The molecule has 0 radical (unpaired) electrons. The molecule has 0 aliphatic rings. The number of hydrogen-bond acceptors (Lipinski definition) is 8. The summed E-state index contributed by atoms with van der Waals surface area (Å²) in [5.74, 6) is 0.741. The van der Waals surface area contributed by atoms with Gasteiger partial charge in [0.15, 0.2) is 0 Å². The van der Waals surface area contributed by atoms with Gasteiger partial charge in [-0.25, -0.2) is 0 Å². The number of ether oxygens (including phenoxy) is 1. The van der Waals surface area contributed by atoms with E-state index in [4.69, 9.17) is 14.9 Å². The van der Waals surface area contributed by atoms with Gasteiger partial charge in [-0.2, -0.15) is 15.0 Å². The maximum Gasteiger partial charge on any atom is 0.323 e. The molecule has 0 saturated carbocycles. The summed E-state index contributed by atoms with van der Waals surface area (Å²) in [4.78, 5) is 14.0. The van der Waals surface area contributed by atoms with E-state index >= 15 is 0 Å². The van der Waals surface area contributed by atoms with Crippen LogP contribution in [0.1, 0.15) is 6.92 Å². The lowest BCUT2D eigenvalue weighted by molar-refractivity contribution is 0.278. The first-order valence-corrected chi connectivity index (χ1v) is 5.78. The smallest absolute Gasteiger partial charge is 0.323 e. The second-order valence-corrected chi connectivity index (χ2v) is 3.36. The molecule has 0 aromatic carbocycles. The van der Waals surface area contributed by atoms with Crippen LogP contribution in [0, 0.1) is 0 Å². The van der Waals surface area contributed by atoms with Gasteiger partial charge < -0.3 is 25.2 Å². The summed E-state index contributed by atoms with van der Waals surface area (Å²) < 4.78 is 5.24. The highest BCUT2D eigenvalue weighted by molar-refractivity contribution is 5.38. The highest BCUT2D eigenvalue weighted by atomic mass is 16.5. The number of anilines is 2. The Hall–Kier alpha value is -1.67. The van der Waals surface area contributed by atoms with E-state index in [0.717, 1.165) is 0 Å². The van der Waals surface area contributed by atoms with Crippen molar-refractivity contribution in [2.24, 2.45) is 0 Å². The number of nitrogens with zero attached hydrogens (tertiary/aromatic N) is 4. The van der Waals surface area contributed by atoms with Gasteiger partial charge in [-0.3, -0.25) is 0 Å². The second-order valence-electron chi connectivity index (χ2n) is 3.36. The first-order chi connectivity index (χ1) is 8.74. The molecule has 0 amide bonds. The Bertz CT molecular complexity index is 357. The van der Waals surface area contributed by atoms with Crippen LogP contribution in [0.3, 0.4) is 0 Å². The van der Waals surface area contributed by atoms with E-state index in [-0.39, 0.29) is 19.2 Å². The lowest BCUT2D eigenvalue weighted by Crippen LogP contribution is -2.31. The zero-order valence-electron chi connectivity index (χ0n) is 10.6. The molecule has 3 N–H and O–H groups in total. The summed E-state index contributed by atoms with van der Waals surface area (Å²) in [5, 5.41) is 20.8. The predicted octanol–water partition coefficient (Wildman–Crippen LogP) is -0.897. The summed E-state index contributed by atoms with van der Waals surface area (Å²) in [6.07, 6.45) is 0. The van der Waals surface area contributed by atoms with Crippen LogP contribution in [0.5, 0.6) is 6.01 Å². The van der Waals surface area contributed by atoms with Gasteiger partial charge in [-0.15, -0.1) is 0 Å². The number of aromatic nitrogens is 3. The van der Waals surface area contributed by atoms with Gasteiger partial charge in [0.25, 0.3) is 0 Å². The fourth-order valence-electron chi connectivity index (χ4n) is 1.35. The molecule has 0 atom stereocenters. The van der Waals surface area contributed by atoms with Crippen LogP contribution < -0.4 is 15.0 Å². The third kappa shape index (κ3) is 3.97. The Morgan fingerprint density at radius 1 is 1.17 bits per heavy atom. The minimum Gasteiger partial charge on any atom is -0.464 e. The molecule has 0 bridgehead atoms. The Labute approximate surface area is 106 Å². The van der Waals surface area contributed by atoms with Gasteiger partial charge in [-0.1, -0.05) is 0 Å². The fraction of sp³-hybridized carbons (Fsp3) is 0.700. The van der Waals surface area contributed by atoms with E-state index in [1.54, 1.807) is 11.9 Å². The van der Waals surface area contributed by atoms with Crippen LogP contribution in [0.15, 0.2) is 0 Å². The number of aliphatic hydroxyl groups excluding tert-OH is 2. The van der Waals surface area contributed by atoms with Gasteiger partial charge >= 0.3 is 6.01 Å². The minimum atomic E-state index is -0.0511. The van der Waals surface area contributed by atoms with Crippen LogP contribution in [-0.2, 0) is 0 Å². The maximum absolute atomic E-state index is 8.98. The topological polar surface area (TPSA) is 104 Å². The van der Waals surface area contributed by atoms with Crippen molar-refractivity contribution in [1.29, 1.82) is 0 Å². The van der Waals surface area contributed by atoms with Crippen LogP contribution >= 0.6 is 0 Å². The van der Waals surface area contributed by atoms with E-state index in [0.29, 0.717) is 31.6 Å². The molecule has 8 heteroatoms. The Kier molecular flexibility index (Phi) is 6.09. The van der Waals surface area contributed by atoms with E-state index in [1.807, 2.05) is 6.92 Å². The molecule has 1 heterocycles. The molecule has 0 saturated heterocycles. The van der Waals surface area contributed by atoms with Crippen molar-refractivity contribution in [3.8, 4) is 6.01 Å². The van der Waals surface area contributed by atoms with Crippen molar-refractivity contribution >= 4 is 11.9 Å². The maximum atomic E-state index is 8.98. The fourth-order valence-corrected chi connectivity index (χ4v) is 1.35. The number of nitrogens with one attached hydrogen (secondary N) is 1. The number of hydrogen-bond donors (Lipinski definition) is 3. The molecule has 1 aromatic rings. The van der Waals surface area contributed by atoms with Gasteiger partial charge in [-0.05, 0) is 6.92 Å². The Morgan fingerprint density at radius 2 is 1.83 bits per heavy atom. The van der Waals surface area contributed by atoms with Crippen molar-refractivity contribution in [2.75, 3.05) is 50.2 Å². The normalized spacial score (nSPS) is 10.2. The average molecular weight is 257 g/mol. The lowest BCUT2D eigenvalue weighted by atomic mass is 10.5. The molecule has 0 aliphatic heterocycles. The molecule has 0 aliphatic carbocycles. The molecule has 0 fully saturated rings. The molecule has 8 nitrogen and oxygen atoms in total. The molecular formula is C10H19N5O3. The molecule has 1 aromatic heterocycles. The third-order valence-corrected chi connectivity index (χ3v) is 2.12. The molecule has 102 valence electrons. The summed E-state index contributed by atoms with van der Waals surface area (Å²) in [7, 11) is 1.69. The monoisotopic (exact) mass is 257 g/mol.